The van der Waals surface area contributed by atoms with E-state index in [0.29, 0.717) is 0 Å². The molecule has 0 radical (unpaired) electrons. The van der Waals surface area contributed by atoms with Gasteiger partial charge in [-0.25, -0.2) is 0 Å². The van der Waals surface area contributed by atoms with Gasteiger partial charge in [0, 0.05) is 0 Å². The molecule has 152 valence electrons. The van der Waals surface area contributed by atoms with Gasteiger partial charge < -0.3 is 0 Å². The second-order valence-electron chi connectivity index (χ2n) is 6.39. The molecule has 0 atom stereocenters. The van der Waals surface area contributed by atoms with Crippen molar-refractivity contribution >= 4 is 31.0 Å². The van der Waals surface area contributed by atoms with Crippen LogP contribution in [0.25, 0.3) is 0 Å². The summed E-state index contributed by atoms with van der Waals surface area (Å²) in [5.41, 5.74) is 0. The Kier molecular flexibility index (Phi) is 7.25. The molecule has 0 aliphatic heterocycles. The van der Waals surface area contributed by atoms with E-state index in [1.807, 2.05) is 0 Å². The normalized spacial score (nSPS) is 11.2. The van der Waals surface area contributed by atoms with Crippen LogP contribution < -0.4 is 21.6 Å². The van der Waals surface area contributed by atoms with Crippen molar-refractivity contribution in [1.82, 2.24) is 0 Å². The molecule has 0 aliphatic rings. The van der Waals surface area contributed by atoms with E-state index in [1.54, 1.807) is 0 Å². The van der Waals surface area contributed by atoms with Gasteiger partial charge in [-0.2, -0.15) is 0 Å². The summed E-state index contributed by atoms with van der Waals surface area (Å²) in [5, 5.41) is 0. The summed E-state index contributed by atoms with van der Waals surface area (Å²) in [6, 6.07) is 44.2. The molecular formula is C24H20AsMnO4. The van der Waals surface area contributed by atoms with Crippen LogP contribution in [0.4, 0.5) is 0 Å². The topological polar surface area (TPSA) is 74.3 Å². The van der Waals surface area contributed by atoms with Crippen molar-refractivity contribution in [3.05, 3.63) is 121 Å². The summed E-state index contributed by atoms with van der Waals surface area (Å²) in [7, 11) is 0. The fourth-order valence-electron chi connectivity index (χ4n) is 3.50. The molecule has 4 nitrogen and oxygen atoms in total. The van der Waals surface area contributed by atoms with Crippen molar-refractivity contribution in [2.24, 2.45) is 0 Å². The molecule has 0 unspecified atom stereocenters. The number of hydrogen-bond donors (Lipinski definition) is 0. The summed E-state index contributed by atoms with van der Waals surface area (Å²) >= 11 is -8.39. The average molecular weight is 502 g/mol. The molecular weight excluding hydrogens is 482 g/mol. The summed E-state index contributed by atoms with van der Waals surface area (Å²) in [4.78, 5) is 0. The minimum absolute atomic E-state index is 1.45. The summed E-state index contributed by atoms with van der Waals surface area (Å²) in [6.45, 7) is 0. The van der Waals surface area contributed by atoms with Crippen LogP contribution in [0, 0.1) is 0 Å². The standard InChI is InChI=1S/C24H20As.Mn.4O/c1-5-13-21(14-6-1)25(22-15-7-2-8-16-22,23-17-9-3-10-18-23)24-19-11-4-12-20-24;;;;;/h1-20H;;;;;/q+1;;;;;-1. The van der Waals surface area contributed by atoms with Gasteiger partial charge in [-0.3, -0.25) is 0 Å². The second-order valence-corrected chi connectivity index (χ2v) is 14.7. The second kappa shape index (κ2) is 9.88. The van der Waals surface area contributed by atoms with Crippen molar-refractivity contribution < 1.29 is 28.7 Å². The Morgan fingerprint density at radius 2 is 0.600 bits per heavy atom. The van der Waals surface area contributed by atoms with E-state index in [9.17, 15) is 0 Å². The van der Waals surface area contributed by atoms with Crippen molar-refractivity contribution in [3.8, 4) is 0 Å². The molecule has 0 fully saturated rings. The molecule has 4 aromatic carbocycles. The zero-order valence-electron chi connectivity index (χ0n) is 16.0. The van der Waals surface area contributed by atoms with Gasteiger partial charge in [0.25, 0.3) is 0 Å². The molecule has 0 bridgehead atoms. The summed E-state index contributed by atoms with van der Waals surface area (Å²) in [5.74, 6) is 0. The van der Waals surface area contributed by atoms with E-state index in [-0.39, 0.29) is 0 Å². The molecule has 0 aromatic heterocycles. The number of hydrogen-bond acceptors (Lipinski definition) is 4. The quantitative estimate of drug-likeness (QED) is 0.397. The summed E-state index contributed by atoms with van der Waals surface area (Å²) < 4.78 is 40.1. The first-order valence-electron chi connectivity index (χ1n) is 9.15. The van der Waals surface area contributed by atoms with Gasteiger partial charge in [0.1, 0.15) is 0 Å². The van der Waals surface area contributed by atoms with Crippen molar-refractivity contribution in [2.45, 2.75) is 0 Å². The van der Waals surface area contributed by atoms with Gasteiger partial charge >= 0.3 is 181 Å². The maximum absolute atomic E-state index is 8.58. The molecule has 4 aromatic rings. The molecule has 30 heavy (non-hydrogen) atoms. The van der Waals surface area contributed by atoms with Crippen LogP contribution in [-0.4, -0.2) is 13.6 Å². The first kappa shape index (κ1) is 22.0. The van der Waals surface area contributed by atoms with E-state index in [4.69, 9.17) is 15.7 Å². The SMILES string of the molecule is [O]=[Mn](=[O])(=[O])[O-].c1ccc([As+](c2ccccc2)(c2ccccc2)c2ccccc2)cc1. The van der Waals surface area contributed by atoms with Crippen LogP contribution in [0.1, 0.15) is 0 Å². The molecule has 6 heteroatoms. The van der Waals surface area contributed by atoms with Crippen LogP contribution in [0.2, 0.25) is 0 Å². The van der Waals surface area contributed by atoms with Gasteiger partial charge in [-0.1, -0.05) is 0 Å². The Hall–Kier alpha value is -2.68. The van der Waals surface area contributed by atoms with Gasteiger partial charge in [0.2, 0.25) is 0 Å². The number of rotatable bonds is 4. The molecule has 0 aliphatic carbocycles. The van der Waals surface area contributed by atoms with Gasteiger partial charge in [0.05, 0.1) is 0 Å². The average Bonchev–Trinajstić information content (AvgIpc) is 2.76. The summed E-state index contributed by atoms with van der Waals surface area (Å²) in [6.07, 6.45) is 0. The molecule has 0 N–H and O–H groups in total. The van der Waals surface area contributed by atoms with E-state index < -0.39 is 26.5 Å². The monoisotopic (exact) mass is 502 g/mol. The first-order chi connectivity index (χ1) is 14.4. The van der Waals surface area contributed by atoms with Gasteiger partial charge in [-0.05, 0) is 0 Å². The van der Waals surface area contributed by atoms with Crippen molar-refractivity contribution in [2.75, 3.05) is 0 Å². The minimum atomic E-state index is -5.62. The van der Waals surface area contributed by atoms with Crippen LogP contribution in [-0.2, 0) is 24.5 Å². The van der Waals surface area contributed by atoms with Crippen LogP contribution in [0.3, 0.4) is 0 Å². The molecule has 4 rings (SSSR count). The predicted molar refractivity (Wildman–Crippen MR) is 112 cm³/mol. The Labute approximate surface area is 180 Å². The van der Waals surface area contributed by atoms with Crippen molar-refractivity contribution in [1.29, 1.82) is 0 Å². The van der Waals surface area contributed by atoms with Crippen molar-refractivity contribution in [3.63, 3.8) is 0 Å². The van der Waals surface area contributed by atoms with Gasteiger partial charge in [0.15, 0.2) is 0 Å². The third-order valence-electron chi connectivity index (χ3n) is 4.57. The Bertz CT molecular complexity index is 1050. The van der Waals surface area contributed by atoms with Crippen LogP contribution in [0.15, 0.2) is 121 Å². The Balaban J connectivity index is 0.000000461. The zero-order valence-corrected chi connectivity index (χ0v) is 19.1. The third kappa shape index (κ3) is 5.27. The molecule has 0 amide bonds. The molecule has 0 spiro atoms. The fourth-order valence-corrected chi connectivity index (χ4v) is 12.5. The Morgan fingerprint density at radius 1 is 0.433 bits per heavy atom. The Morgan fingerprint density at radius 3 is 0.767 bits per heavy atom. The molecule has 0 saturated carbocycles. The predicted octanol–water partition coefficient (Wildman–Crippen LogP) is 1.52. The van der Waals surface area contributed by atoms with E-state index in [2.05, 4.69) is 121 Å². The van der Waals surface area contributed by atoms with Crippen LogP contribution >= 0.6 is 0 Å². The number of benzene rings is 4. The molecule has 0 saturated heterocycles. The van der Waals surface area contributed by atoms with E-state index in [0.717, 1.165) is 0 Å². The first-order valence-corrected chi connectivity index (χ1v) is 14.8. The zero-order chi connectivity index (χ0) is 21.5. The third-order valence-corrected chi connectivity index (χ3v) is 13.6. The van der Waals surface area contributed by atoms with E-state index >= 15 is 0 Å². The maximum atomic E-state index is 8.58. The van der Waals surface area contributed by atoms with E-state index in [1.165, 1.54) is 17.4 Å². The fraction of sp³-hybridized carbons (Fsp3) is 0. The molecule has 0 heterocycles. The van der Waals surface area contributed by atoms with Crippen LogP contribution in [0.5, 0.6) is 0 Å². The van der Waals surface area contributed by atoms with Gasteiger partial charge in [-0.15, -0.1) is 0 Å².